The Morgan fingerprint density at radius 1 is 1.26 bits per heavy atom. The number of ether oxygens (including phenoxy) is 1. The normalized spacial score (nSPS) is 13.7. The summed E-state index contributed by atoms with van der Waals surface area (Å²) >= 11 is 5.80. The van der Waals surface area contributed by atoms with Gasteiger partial charge in [-0.25, -0.2) is 0 Å². The predicted octanol–water partition coefficient (Wildman–Crippen LogP) is 2.08. The lowest BCUT2D eigenvalue weighted by Crippen LogP contribution is -2.39. The SMILES string of the molecule is CNCC(C)C(=O)NCC(C)Oc1ccc(Cl)cc1. The molecular weight excluding hydrogens is 264 g/mol. The van der Waals surface area contributed by atoms with Gasteiger partial charge in [0.1, 0.15) is 11.9 Å². The number of carbonyl (C=O) groups is 1. The van der Waals surface area contributed by atoms with Crippen molar-refractivity contribution >= 4 is 17.5 Å². The third kappa shape index (κ3) is 5.94. The van der Waals surface area contributed by atoms with Crippen LogP contribution in [0.5, 0.6) is 5.75 Å². The Labute approximate surface area is 119 Å². The van der Waals surface area contributed by atoms with Gasteiger partial charge in [-0.15, -0.1) is 0 Å². The molecule has 2 N–H and O–H groups in total. The summed E-state index contributed by atoms with van der Waals surface area (Å²) in [6.45, 7) is 4.95. The summed E-state index contributed by atoms with van der Waals surface area (Å²) < 4.78 is 5.67. The predicted molar refractivity (Wildman–Crippen MR) is 77.6 cm³/mol. The van der Waals surface area contributed by atoms with Gasteiger partial charge in [0.25, 0.3) is 0 Å². The van der Waals surface area contributed by atoms with Gasteiger partial charge >= 0.3 is 0 Å². The first-order valence-electron chi connectivity index (χ1n) is 6.37. The van der Waals surface area contributed by atoms with Gasteiger partial charge in [0, 0.05) is 17.5 Å². The number of carbonyl (C=O) groups excluding carboxylic acids is 1. The molecule has 1 aromatic rings. The summed E-state index contributed by atoms with van der Waals surface area (Å²) in [5.41, 5.74) is 0. The van der Waals surface area contributed by atoms with E-state index in [0.29, 0.717) is 18.1 Å². The summed E-state index contributed by atoms with van der Waals surface area (Å²) in [4.78, 5) is 11.7. The first-order chi connectivity index (χ1) is 9.02. The molecule has 1 amide bonds. The molecule has 2 atom stereocenters. The first-order valence-corrected chi connectivity index (χ1v) is 6.75. The highest BCUT2D eigenvalue weighted by molar-refractivity contribution is 6.30. The van der Waals surface area contributed by atoms with Gasteiger partial charge in [-0.3, -0.25) is 4.79 Å². The van der Waals surface area contributed by atoms with E-state index in [-0.39, 0.29) is 17.9 Å². The number of rotatable bonds is 7. The third-order valence-electron chi connectivity index (χ3n) is 2.67. The summed E-state index contributed by atoms with van der Waals surface area (Å²) in [6, 6.07) is 7.17. The smallest absolute Gasteiger partial charge is 0.224 e. The van der Waals surface area contributed by atoms with E-state index in [1.165, 1.54) is 0 Å². The minimum absolute atomic E-state index is 0.0286. The van der Waals surface area contributed by atoms with Crippen molar-refractivity contribution in [2.24, 2.45) is 5.92 Å². The van der Waals surface area contributed by atoms with Crippen molar-refractivity contribution in [3.05, 3.63) is 29.3 Å². The largest absolute Gasteiger partial charge is 0.489 e. The van der Waals surface area contributed by atoms with Crippen LogP contribution in [-0.2, 0) is 4.79 Å². The van der Waals surface area contributed by atoms with Gasteiger partial charge in [-0.05, 0) is 38.2 Å². The van der Waals surface area contributed by atoms with Crippen LogP contribution in [0.15, 0.2) is 24.3 Å². The Balaban J connectivity index is 2.33. The molecule has 0 radical (unpaired) electrons. The quantitative estimate of drug-likeness (QED) is 0.806. The Hall–Kier alpha value is -1.26. The van der Waals surface area contributed by atoms with Crippen molar-refractivity contribution in [3.63, 3.8) is 0 Å². The van der Waals surface area contributed by atoms with Gasteiger partial charge < -0.3 is 15.4 Å². The van der Waals surface area contributed by atoms with E-state index >= 15 is 0 Å². The number of amides is 1. The minimum Gasteiger partial charge on any atom is -0.489 e. The van der Waals surface area contributed by atoms with Crippen molar-refractivity contribution in [1.82, 2.24) is 10.6 Å². The highest BCUT2D eigenvalue weighted by Gasteiger charge is 2.13. The van der Waals surface area contributed by atoms with E-state index in [2.05, 4.69) is 10.6 Å². The van der Waals surface area contributed by atoms with E-state index in [0.717, 1.165) is 5.75 Å². The van der Waals surface area contributed by atoms with Crippen molar-refractivity contribution in [2.75, 3.05) is 20.1 Å². The Kier molecular flexibility index (Phi) is 6.67. The molecule has 0 heterocycles. The molecule has 0 aliphatic rings. The molecule has 1 aromatic carbocycles. The molecule has 0 aromatic heterocycles. The molecule has 19 heavy (non-hydrogen) atoms. The fourth-order valence-electron chi connectivity index (χ4n) is 1.60. The number of halogens is 1. The van der Waals surface area contributed by atoms with E-state index in [1.54, 1.807) is 12.1 Å². The van der Waals surface area contributed by atoms with E-state index in [1.807, 2.05) is 33.0 Å². The molecule has 0 saturated carbocycles. The highest BCUT2D eigenvalue weighted by Crippen LogP contribution is 2.16. The zero-order chi connectivity index (χ0) is 14.3. The average Bonchev–Trinajstić information content (AvgIpc) is 2.39. The molecule has 0 saturated heterocycles. The van der Waals surface area contributed by atoms with E-state index in [9.17, 15) is 4.79 Å². The van der Waals surface area contributed by atoms with E-state index < -0.39 is 0 Å². The Morgan fingerprint density at radius 2 is 1.89 bits per heavy atom. The molecule has 0 spiro atoms. The maximum Gasteiger partial charge on any atom is 0.224 e. The summed E-state index contributed by atoms with van der Waals surface area (Å²) in [5, 5.41) is 6.52. The van der Waals surface area contributed by atoms with Gasteiger partial charge in [0.05, 0.1) is 6.54 Å². The summed E-state index contributed by atoms with van der Waals surface area (Å²) in [7, 11) is 1.83. The molecule has 106 valence electrons. The van der Waals surface area contributed by atoms with Crippen LogP contribution in [0.3, 0.4) is 0 Å². The zero-order valence-corrected chi connectivity index (χ0v) is 12.3. The molecule has 2 unspecified atom stereocenters. The van der Waals surface area contributed by atoms with Crippen LogP contribution in [0.1, 0.15) is 13.8 Å². The Morgan fingerprint density at radius 3 is 2.47 bits per heavy atom. The standard InChI is InChI=1S/C14H21ClN2O2/c1-10(8-16-3)14(18)17-9-11(2)19-13-6-4-12(15)5-7-13/h4-7,10-11,16H,8-9H2,1-3H3,(H,17,18). The van der Waals surface area contributed by atoms with Gasteiger partial charge in [0.15, 0.2) is 0 Å². The van der Waals surface area contributed by atoms with Crippen LogP contribution in [0.2, 0.25) is 5.02 Å². The molecule has 5 heteroatoms. The first kappa shape index (κ1) is 15.8. The van der Waals surface area contributed by atoms with Crippen LogP contribution in [-0.4, -0.2) is 32.1 Å². The second kappa shape index (κ2) is 8.02. The fraction of sp³-hybridized carbons (Fsp3) is 0.500. The molecule has 1 rings (SSSR count). The maximum absolute atomic E-state index is 11.7. The topological polar surface area (TPSA) is 50.4 Å². The van der Waals surface area contributed by atoms with Crippen LogP contribution in [0, 0.1) is 5.92 Å². The fourth-order valence-corrected chi connectivity index (χ4v) is 1.73. The molecule has 0 fully saturated rings. The third-order valence-corrected chi connectivity index (χ3v) is 2.92. The van der Waals surface area contributed by atoms with Crippen molar-refractivity contribution < 1.29 is 9.53 Å². The van der Waals surface area contributed by atoms with Crippen LogP contribution in [0.4, 0.5) is 0 Å². The zero-order valence-electron chi connectivity index (χ0n) is 11.6. The lowest BCUT2D eigenvalue weighted by molar-refractivity contribution is -0.124. The van der Waals surface area contributed by atoms with Gasteiger partial charge in [-0.2, -0.15) is 0 Å². The van der Waals surface area contributed by atoms with Crippen molar-refractivity contribution in [3.8, 4) is 5.75 Å². The van der Waals surface area contributed by atoms with Crippen LogP contribution < -0.4 is 15.4 Å². The molecule has 0 bridgehead atoms. The number of hydrogen-bond donors (Lipinski definition) is 2. The van der Waals surface area contributed by atoms with Crippen molar-refractivity contribution in [2.45, 2.75) is 20.0 Å². The maximum atomic E-state index is 11.7. The molecule has 0 aliphatic heterocycles. The van der Waals surface area contributed by atoms with Gasteiger partial charge in [0.2, 0.25) is 5.91 Å². The van der Waals surface area contributed by atoms with Crippen molar-refractivity contribution in [1.29, 1.82) is 0 Å². The second-order valence-electron chi connectivity index (χ2n) is 4.59. The van der Waals surface area contributed by atoms with E-state index in [4.69, 9.17) is 16.3 Å². The van der Waals surface area contributed by atoms with Crippen LogP contribution >= 0.6 is 11.6 Å². The minimum atomic E-state index is -0.0908. The lowest BCUT2D eigenvalue weighted by atomic mass is 10.1. The average molecular weight is 285 g/mol. The summed E-state index contributed by atoms with van der Waals surface area (Å²) in [6.07, 6.45) is -0.0908. The molecular formula is C14H21ClN2O2. The lowest BCUT2D eigenvalue weighted by Gasteiger charge is -2.17. The number of nitrogens with one attached hydrogen (secondary N) is 2. The highest BCUT2D eigenvalue weighted by atomic mass is 35.5. The summed E-state index contributed by atoms with van der Waals surface area (Å²) in [5.74, 6) is 0.725. The number of hydrogen-bond acceptors (Lipinski definition) is 3. The van der Waals surface area contributed by atoms with Gasteiger partial charge in [-0.1, -0.05) is 18.5 Å². The number of benzene rings is 1. The second-order valence-corrected chi connectivity index (χ2v) is 5.02. The van der Waals surface area contributed by atoms with Crippen LogP contribution in [0.25, 0.3) is 0 Å². The molecule has 0 aliphatic carbocycles. The molecule has 4 nitrogen and oxygen atoms in total. The monoisotopic (exact) mass is 284 g/mol. The Bertz CT molecular complexity index is 395.